The van der Waals surface area contributed by atoms with Crippen molar-refractivity contribution >= 4 is 8.84 Å². The minimum absolute atomic E-state index is 0.0446. The van der Waals surface area contributed by atoms with Crippen molar-refractivity contribution in [1.82, 2.24) is 10.3 Å². The molecule has 5 heteroatoms. The molecule has 2 heterocycles. The summed E-state index contributed by atoms with van der Waals surface area (Å²) in [5.74, 6) is 0. The topological polar surface area (TPSA) is 50.4 Å². The highest BCUT2D eigenvalue weighted by atomic mass is 28.3. The Hall–Kier alpha value is -0.263. The van der Waals surface area contributed by atoms with Crippen molar-refractivity contribution in [3.05, 3.63) is 0 Å². The smallest absolute Gasteiger partial charge is 0.384 e. The van der Waals surface area contributed by atoms with Gasteiger partial charge in [0.1, 0.15) is 0 Å². The lowest BCUT2D eigenvalue weighted by molar-refractivity contribution is -0.0307. The first-order valence-electron chi connectivity index (χ1n) is 7.33. The Labute approximate surface area is 118 Å². The van der Waals surface area contributed by atoms with Crippen LogP contribution in [0.2, 0.25) is 5.04 Å². The minimum Gasteiger partial charge on any atom is -0.384 e. The van der Waals surface area contributed by atoms with Crippen LogP contribution in [0, 0.1) is 5.41 Å². The molecule has 2 aliphatic rings. The van der Waals surface area contributed by atoms with E-state index in [1.807, 2.05) is 20.8 Å². The second kappa shape index (κ2) is 4.93. The number of rotatable bonds is 2. The van der Waals surface area contributed by atoms with Gasteiger partial charge in [0, 0.05) is 10.5 Å². The maximum Gasteiger partial charge on any atom is 0.398 e. The van der Waals surface area contributed by atoms with Gasteiger partial charge in [0.25, 0.3) is 0 Å². The third kappa shape index (κ3) is 2.93. The van der Waals surface area contributed by atoms with Gasteiger partial charge in [0.2, 0.25) is 0 Å². The third-order valence-electron chi connectivity index (χ3n) is 4.45. The van der Waals surface area contributed by atoms with Crippen molar-refractivity contribution in [2.45, 2.75) is 64.1 Å². The molecule has 0 aromatic heterocycles. The highest BCUT2D eigenvalue weighted by molar-refractivity contribution is 6.43. The normalized spacial score (nSPS) is 29.4. The summed E-state index contributed by atoms with van der Waals surface area (Å²) in [5, 5.41) is 3.22. The van der Waals surface area contributed by atoms with E-state index in [4.69, 9.17) is 4.74 Å². The molecule has 1 atom stereocenters. The Balaban J connectivity index is 2.19. The van der Waals surface area contributed by atoms with Crippen LogP contribution in [0.25, 0.3) is 0 Å². The Morgan fingerprint density at radius 2 is 1.84 bits per heavy atom. The van der Waals surface area contributed by atoms with Crippen LogP contribution in [-0.4, -0.2) is 40.2 Å². The van der Waals surface area contributed by atoms with E-state index in [-0.39, 0.29) is 22.1 Å². The van der Waals surface area contributed by atoms with E-state index in [9.17, 15) is 4.46 Å². The summed E-state index contributed by atoms with van der Waals surface area (Å²) in [4.78, 5) is 3.46. The molecule has 2 aliphatic heterocycles. The molecule has 110 valence electrons. The molecule has 0 bridgehead atoms. The second-order valence-electron chi connectivity index (χ2n) is 7.75. The fourth-order valence-electron chi connectivity index (χ4n) is 3.17. The molecule has 0 unspecified atom stereocenters. The first kappa shape index (κ1) is 15.1. The van der Waals surface area contributed by atoms with Crippen LogP contribution in [0.15, 0.2) is 0 Å². The maximum absolute atomic E-state index is 12.5. The van der Waals surface area contributed by atoms with Gasteiger partial charge in [0.05, 0.1) is 18.2 Å². The van der Waals surface area contributed by atoms with Gasteiger partial charge in [-0.2, -0.15) is 0 Å². The second-order valence-corrected chi connectivity index (χ2v) is 10.2. The molecular weight excluding hydrogens is 256 g/mol. The number of piperidine rings is 1. The largest absolute Gasteiger partial charge is 0.398 e. The lowest BCUT2D eigenvalue weighted by atomic mass is 9.75. The molecule has 0 saturated carbocycles. The molecule has 0 amide bonds. The molecule has 2 saturated heterocycles. The molecule has 1 spiro atoms. The highest BCUT2D eigenvalue weighted by Crippen LogP contribution is 2.44. The predicted molar refractivity (Wildman–Crippen MR) is 77.6 cm³/mol. The van der Waals surface area contributed by atoms with E-state index in [1.54, 1.807) is 0 Å². The van der Waals surface area contributed by atoms with Crippen LogP contribution in [0.4, 0.5) is 0 Å². The Morgan fingerprint density at radius 1 is 1.26 bits per heavy atom. The Kier molecular flexibility index (Phi) is 3.93. The predicted octanol–water partition coefficient (Wildman–Crippen LogP) is 1.84. The van der Waals surface area contributed by atoms with E-state index in [0.717, 1.165) is 32.5 Å². The molecule has 2 fully saturated rings. The van der Waals surface area contributed by atoms with Crippen molar-refractivity contribution < 1.29 is 9.20 Å². The SMILES string of the molecule is CC1(C)COC2(CCNCC2)[C@@H]1N[Si](=O)C(C)(C)C. The lowest BCUT2D eigenvalue weighted by Crippen LogP contribution is -2.60. The first-order valence-corrected chi connectivity index (χ1v) is 8.74. The fraction of sp³-hybridized carbons (Fsp3) is 1.00. The van der Waals surface area contributed by atoms with Gasteiger partial charge in [-0.3, -0.25) is 0 Å². The first-order chi connectivity index (χ1) is 8.67. The van der Waals surface area contributed by atoms with Crippen molar-refractivity contribution in [2.75, 3.05) is 19.7 Å². The van der Waals surface area contributed by atoms with Crippen LogP contribution in [0.3, 0.4) is 0 Å². The summed E-state index contributed by atoms with van der Waals surface area (Å²) in [6, 6.07) is 0.188. The van der Waals surface area contributed by atoms with Crippen LogP contribution < -0.4 is 10.3 Å². The fourth-order valence-corrected chi connectivity index (χ4v) is 4.51. The molecule has 19 heavy (non-hydrogen) atoms. The summed E-state index contributed by atoms with van der Waals surface area (Å²) in [7, 11) is -1.83. The zero-order valence-corrected chi connectivity index (χ0v) is 13.9. The summed E-state index contributed by atoms with van der Waals surface area (Å²) >= 11 is 0. The molecule has 0 radical (unpaired) electrons. The average Bonchev–Trinajstić information content (AvgIpc) is 2.54. The van der Waals surface area contributed by atoms with Crippen LogP contribution in [0.1, 0.15) is 47.5 Å². The van der Waals surface area contributed by atoms with Gasteiger partial charge in [-0.15, -0.1) is 0 Å². The standard InChI is InChI=1S/C14H28N2O2Si/c1-12(2,3)19(17)16-11-13(4,5)10-18-14(11)6-8-15-9-7-14/h11,15-16H,6-10H2,1-5H3/t11-/m1/s1. The van der Waals surface area contributed by atoms with Crippen molar-refractivity contribution in [3.8, 4) is 0 Å². The molecule has 0 aromatic rings. The van der Waals surface area contributed by atoms with E-state index >= 15 is 0 Å². The summed E-state index contributed by atoms with van der Waals surface area (Å²) < 4.78 is 18.7. The Bertz CT molecular complexity index is 357. The third-order valence-corrected chi connectivity index (χ3v) is 6.36. The molecule has 0 aromatic carbocycles. The highest BCUT2D eigenvalue weighted by Gasteiger charge is 2.55. The minimum atomic E-state index is -1.83. The Morgan fingerprint density at radius 3 is 2.37 bits per heavy atom. The van der Waals surface area contributed by atoms with Crippen LogP contribution in [-0.2, 0) is 9.20 Å². The number of hydrogen-bond donors (Lipinski definition) is 2. The zero-order valence-electron chi connectivity index (χ0n) is 12.9. The van der Waals surface area contributed by atoms with Gasteiger partial charge >= 0.3 is 8.84 Å². The quantitative estimate of drug-likeness (QED) is 0.760. The van der Waals surface area contributed by atoms with Crippen molar-refractivity contribution in [2.24, 2.45) is 5.41 Å². The van der Waals surface area contributed by atoms with Gasteiger partial charge in [-0.05, 0) is 25.9 Å². The zero-order chi connectivity index (χ0) is 14.3. The molecule has 2 rings (SSSR count). The summed E-state index contributed by atoms with van der Waals surface area (Å²) in [6.45, 7) is 13.3. The van der Waals surface area contributed by atoms with Crippen LogP contribution >= 0.6 is 0 Å². The number of hydrogen-bond acceptors (Lipinski definition) is 3. The van der Waals surface area contributed by atoms with E-state index in [0.29, 0.717) is 0 Å². The monoisotopic (exact) mass is 284 g/mol. The summed E-state index contributed by atoms with van der Waals surface area (Å²) in [5.41, 5.74) is -0.0801. The molecule has 0 aliphatic carbocycles. The van der Waals surface area contributed by atoms with E-state index in [1.165, 1.54) is 0 Å². The lowest BCUT2D eigenvalue weighted by Gasteiger charge is -2.42. The van der Waals surface area contributed by atoms with E-state index in [2.05, 4.69) is 24.1 Å². The maximum atomic E-state index is 12.5. The number of ether oxygens (including phenoxy) is 1. The summed E-state index contributed by atoms with van der Waals surface area (Å²) in [6.07, 6.45) is 2.01. The van der Waals surface area contributed by atoms with Crippen molar-refractivity contribution in [3.63, 3.8) is 0 Å². The van der Waals surface area contributed by atoms with Gasteiger partial charge < -0.3 is 19.5 Å². The number of nitrogens with one attached hydrogen (secondary N) is 2. The average molecular weight is 284 g/mol. The molecular formula is C14H28N2O2Si. The molecule has 4 nitrogen and oxygen atoms in total. The van der Waals surface area contributed by atoms with Gasteiger partial charge in [-0.1, -0.05) is 34.6 Å². The van der Waals surface area contributed by atoms with Crippen LogP contribution in [0.5, 0.6) is 0 Å². The molecule has 2 N–H and O–H groups in total. The van der Waals surface area contributed by atoms with Crippen molar-refractivity contribution in [1.29, 1.82) is 0 Å². The van der Waals surface area contributed by atoms with E-state index < -0.39 is 8.84 Å². The van der Waals surface area contributed by atoms with Gasteiger partial charge in [-0.25, -0.2) is 0 Å². The van der Waals surface area contributed by atoms with Gasteiger partial charge in [0.15, 0.2) is 0 Å².